The molecule has 0 aliphatic rings. The zero-order valence-electron chi connectivity index (χ0n) is 6.67. The van der Waals surface area contributed by atoms with Gasteiger partial charge in [0.05, 0.1) is 0 Å². The van der Waals surface area contributed by atoms with Gasteiger partial charge in [-0.1, -0.05) is 0 Å². The van der Waals surface area contributed by atoms with Crippen molar-refractivity contribution in [3.05, 3.63) is 27.3 Å². The van der Waals surface area contributed by atoms with Crippen molar-refractivity contribution in [2.75, 3.05) is 0 Å². The topological polar surface area (TPSA) is 160 Å². The van der Waals surface area contributed by atoms with Crippen LogP contribution < -0.4 is 11.4 Å². The molecule has 0 aliphatic carbocycles. The summed E-state index contributed by atoms with van der Waals surface area (Å²) in [6.45, 7) is -0.250. The highest BCUT2D eigenvalue weighted by Gasteiger charge is 1.79. The summed E-state index contributed by atoms with van der Waals surface area (Å²) in [4.78, 5) is 35.8. The summed E-state index contributed by atoms with van der Waals surface area (Å²) in [5.41, 5.74) is -1.17. The van der Waals surface area contributed by atoms with Crippen molar-refractivity contribution in [1.29, 1.82) is 5.26 Å². The molecular weight excluding hydrogens is 196 g/mol. The first-order chi connectivity index (χ1) is 6.62. The average molecular weight is 202 g/mol. The molecule has 9 nitrogen and oxygen atoms in total. The molecule has 1 rings (SSSR count). The number of hydrogen-bond acceptors (Lipinski definition) is 6. The van der Waals surface area contributed by atoms with Crippen molar-refractivity contribution < 1.29 is 15.0 Å². The molecule has 0 spiro atoms. The van der Waals surface area contributed by atoms with Gasteiger partial charge in [0.25, 0.3) is 12.7 Å². The molecule has 4 N–H and O–H groups in total. The van der Waals surface area contributed by atoms with Crippen LogP contribution in [-0.2, 0) is 4.79 Å². The predicted molar refractivity (Wildman–Crippen MR) is 41.7 cm³/mol. The molecular formula is C5H6N4O5. The number of nitriles is 1. The second kappa shape index (κ2) is 10.4. The first kappa shape index (κ1) is 13.9. The minimum absolute atomic E-state index is 0.250. The van der Waals surface area contributed by atoms with Gasteiger partial charge in [-0.05, 0) is 0 Å². The lowest BCUT2D eigenvalue weighted by Gasteiger charge is -1.74. The Morgan fingerprint density at radius 1 is 1.57 bits per heavy atom. The lowest BCUT2D eigenvalue weighted by molar-refractivity contribution is -0.122. The normalized spacial score (nSPS) is 6.50. The standard InChI is InChI=1S/C3H3N3O2.CHNO.CH2O2/c7-2-4-1-5-3(8)6-2;2*2-1-3/h1H,(H2,4,5,6,7,8);3H;1H,(H,2,3). The Labute approximate surface area is 76.3 Å². The molecule has 1 heterocycles. The van der Waals surface area contributed by atoms with Gasteiger partial charge in [0, 0.05) is 0 Å². The first-order valence-electron chi connectivity index (χ1n) is 2.87. The Balaban J connectivity index is 0. The van der Waals surface area contributed by atoms with Gasteiger partial charge in [0.1, 0.15) is 6.33 Å². The van der Waals surface area contributed by atoms with Crippen LogP contribution in [0.3, 0.4) is 0 Å². The highest BCUT2D eigenvalue weighted by atomic mass is 16.3. The highest BCUT2D eigenvalue weighted by molar-refractivity contribution is 5.32. The predicted octanol–water partition coefficient (Wildman–Crippen LogP) is -2.00. The Bertz CT molecular complexity index is 363. The van der Waals surface area contributed by atoms with Gasteiger partial charge in [-0.3, -0.25) is 14.8 Å². The summed E-state index contributed by atoms with van der Waals surface area (Å²) in [7, 11) is 0. The van der Waals surface area contributed by atoms with Crippen LogP contribution in [0, 0.1) is 11.5 Å². The fraction of sp³-hybridized carbons (Fsp3) is 0. The molecule has 0 saturated heterocycles. The molecule has 1 aromatic rings. The van der Waals surface area contributed by atoms with Crippen LogP contribution in [0.5, 0.6) is 0 Å². The zero-order valence-corrected chi connectivity index (χ0v) is 6.67. The van der Waals surface area contributed by atoms with Gasteiger partial charge in [-0.15, -0.1) is 0 Å². The van der Waals surface area contributed by atoms with Crippen molar-refractivity contribution in [1.82, 2.24) is 15.0 Å². The number of aromatic nitrogens is 3. The van der Waals surface area contributed by atoms with Gasteiger partial charge in [0.2, 0.25) is 0 Å². The fourth-order valence-electron chi connectivity index (χ4n) is 0.315. The van der Waals surface area contributed by atoms with Crippen LogP contribution >= 0.6 is 0 Å². The first-order valence-corrected chi connectivity index (χ1v) is 2.87. The average Bonchev–Trinajstić information content (AvgIpc) is 2.06. The molecule has 9 heteroatoms. The summed E-state index contributed by atoms with van der Waals surface area (Å²) in [6.07, 6.45) is 1.79. The van der Waals surface area contributed by atoms with Crippen molar-refractivity contribution in [2.24, 2.45) is 0 Å². The lowest BCUT2D eigenvalue weighted by Crippen LogP contribution is -2.22. The molecule has 0 bridgehead atoms. The van der Waals surface area contributed by atoms with Crippen LogP contribution in [0.15, 0.2) is 15.9 Å². The maximum atomic E-state index is 10.1. The van der Waals surface area contributed by atoms with E-state index in [1.165, 1.54) is 0 Å². The summed E-state index contributed by atoms with van der Waals surface area (Å²) in [5, 5.41) is 20.6. The van der Waals surface area contributed by atoms with Crippen molar-refractivity contribution in [2.45, 2.75) is 0 Å². The minimum atomic E-state index is -0.631. The van der Waals surface area contributed by atoms with Crippen LogP contribution in [0.2, 0.25) is 0 Å². The van der Waals surface area contributed by atoms with E-state index < -0.39 is 11.4 Å². The quantitative estimate of drug-likeness (QED) is 0.279. The minimum Gasteiger partial charge on any atom is -0.483 e. The molecule has 0 unspecified atom stereocenters. The third-order valence-electron chi connectivity index (χ3n) is 0.598. The smallest absolute Gasteiger partial charge is 0.350 e. The van der Waals surface area contributed by atoms with Gasteiger partial charge in [-0.2, -0.15) is 10.2 Å². The van der Waals surface area contributed by atoms with Crippen LogP contribution in [0.4, 0.5) is 0 Å². The zero-order chi connectivity index (χ0) is 11.4. The maximum absolute atomic E-state index is 10.1. The van der Waals surface area contributed by atoms with E-state index in [0.29, 0.717) is 0 Å². The number of carboxylic acid groups (broad SMARTS) is 1. The van der Waals surface area contributed by atoms with Crippen molar-refractivity contribution >= 4 is 6.47 Å². The summed E-state index contributed by atoms with van der Waals surface area (Å²) in [6, 6.07) is 0. The number of nitrogens with zero attached hydrogens (tertiary/aromatic N) is 2. The maximum Gasteiger partial charge on any atom is 0.350 e. The highest BCUT2D eigenvalue weighted by Crippen LogP contribution is 1.40. The molecule has 0 saturated carbocycles. The van der Waals surface area contributed by atoms with E-state index in [2.05, 4.69) is 9.97 Å². The Kier molecular flexibility index (Phi) is 10.3. The van der Waals surface area contributed by atoms with E-state index in [-0.39, 0.29) is 6.47 Å². The molecule has 0 fully saturated rings. The van der Waals surface area contributed by atoms with E-state index >= 15 is 0 Å². The Hall–Kier alpha value is -2.63. The fourth-order valence-corrected chi connectivity index (χ4v) is 0.315. The largest absolute Gasteiger partial charge is 0.483 e. The lowest BCUT2D eigenvalue weighted by atomic mass is 11.0. The number of hydrogen-bond donors (Lipinski definition) is 4. The SMILES string of the molecule is N#CO.O=CO.O=c1nc[nH]c(=O)[nH]1. The number of aliphatic hydroxyl groups is 1. The molecule has 0 radical (unpaired) electrons. The molecule has 0 amide bonds. The Morgan fingerprint density at radius 3 is 2.21 bits per heavy atom. The van der Waals surface area contributed by atoms with Gasteiger partial charge < -0.3 is 10.2 Å². The van der Waals surface area contributed by atoms with Gasteiger partial charge in [0.15, 0.2) is 0 Å². The third-order valence-corrected chi connectivity index (χ3v) is 0.598. The summed E-state index contributed by atoms with van der Waals surface area (Å²) in [5.74, 6) is 0. The number of H-pyrrole nitrogens is 2. The number of nitrogens with one attached hydrogen (secondary N) is 2. The summed E-state index contributed by atoms with van der Waals surface area (Å²) >= 11 is 0. The monoisotopic (exact) mass is 202 g/mol. The molecule has 0 aliphatic heterocycles. The van der Waals surface area contributed by atoms with Crippen LogP contribution in [0.25, 0.3) is 0 Å². The van der Waals surface area contributed by atoms with Gasteiger partial charge in [-0.25, -0.2) is 9.59 Å². The number of rotatable bonds is 0. The Morgan fingerprint density at radius 2 is 2.00 bits per heavy atom. The van der Waals surface area contributed by atoms with Gasteiger partial charge >= 0.3 is 11.4 Å². The number of aromatic amines is 2. The van der Waals surface area contributed by atoms with E-state index in [4.69, 9.17) is 20.3 Å². The number of carbonyl (C=O) groups is 1. The molecule has 0 atom stereocenters. The molecule has 14 heavy (non-hydrogen) atoms. The van der Waals surface area contributed by atoms with E-state index in [1.807, 2.05) is 4.98 Å². The van der Waals surface area contributed by atoms with E-state index in [9.17, 15) is 9.59 Å². The van der Waals surface area contributed by atoms with E-state index in [1.54, 1.807) is 0 Å². The second-order valence-corrected chi connectivity index (χ2v) is 1.37. The van der Waals surface area contributed by atoms with Crippen LogP contribution in [0.1, 0.15) is 0 Å². The molecule has 0 aromatic carbocycles. The van der Waals surface area contributed by atoms with Crippen molar-refractivity contribution in [3.63, 3.8) is 0 Å². The van der Waals surface area contributed by atoms with E-state index in [0.717, 1.165) is 12.6 Å². The molecule has 1 aromatic heterocycles. The van der Waals surface area contributed by atoms with Crippen LogP contribution in [-0.4, -0.2) is 31.6 Å². The number of aliphatic hydroxyl groups excluding tert-OH is 1. The van der Waals surface area contributed by atoms with Crippen molar-refractivity contribution in [3.8, 4) is 6.26 Å². The third kappa shape index (κ3) is 12.1. The molecule has 76 valence electrons. The second-order valence-electron chi connectivity index (χ2n) is 1.37. The summed E-state index contributed by atoms with van der Waals surface area (Å²) < 4.78 is 0.